The summed E-state index contributed by atoms with van der Waals surface area (Å²) in [7, 11) is 0. The maximum atomic E-state index is 11.7. The highest BCUT2D eigenvalue weighted by Crippen LogP contribution is 2.25. The lowest BCUT2D eigenvalue weighted by atomic mass is 9.92. The lowest BCUT2D eigenvalue weighted by molar-refractivity contribution is -0.142. The van der Waals surface area contributed by atoms with E-state index in [1.165, 1.54) is 44.9 Å². The van der Waals surface area contributed by atoms with Crippen LogP contribution in [0.25, 0.3) is 10.8 Å². The second kappa shape index (κ2) is 14.1. The van der Waals surface area contributed by atoms with E-state index in [1.54, 1.807) is 0 Å². The van der Waals surface area contributed by atoms with Gasteiger partial charge in [-0.1, -0.05) is 95.9 Å². The number of unbranched alkanes of at least 4 members (excludes halogenated alkanes) is 8. The highest BCUT2D eigenvalue weighted by molar-refractivity contribution is 5.84. The first kappa shape index (κ1) is 24.2. The highest BCUT2D eigenvalue weighted by Gasteiger charge is 2.17. The van der Waals surface area contributed by atoms with E-state index in [2.05, 4.69) is 44.2 Å². The molecular weight excluding hydrogens is 372 g/mol. The van der Waals surface area contributed by atoms with Gasteiger partial charge in [-0.05, 0) is 47.7 Å². The van der Waals surface area contributed by atoms with E-state index in [1.807, 2.05) is 6.07 Å². The molecule has 166 valence electrons. The van der Waals surface area contributed by atoms with Crippen LogP contribution in [0, 0.1) is 5.92 Å². The molecular formula is C27H40O3. The van der Waals surface area contributed by atoms with Crippen LogP contribution < -0.4 is 4.74 Å². The summed E-state index contributed by atoms with van der Waals surface area (Å²) in [5.74, 6) is -0.0481. The van der Waals surface area contributed by atoms with E-state index >= 15 is 0 Å². The Balaban J connectivity index is 1.88. The molecule has 1 N–H and O–H groups in total. The molecule has 0 aliphatic rings. The van der Waals surface area contributed by atoms with Gasteiger partial charge in [-0.3, -0.25) is 4.79 Å². The molecule has 0 saturated carbocycles. The number of carbonyl (C=O) groups is 1. The van der Waals surface area contributed by atoms with Crippen LogP contribution in [0.5, 0.6) is 5.75 Å². The Kier molecular flexibility index (Phi) is 11.4. The fourth-order valence-corrected chi connectivity index (χ4v) is 3.98. The van der Waals surface area contributed by atoms with Crippen molar-refractivity contribution in [3.05, 3.63) is 42.0 Å². The molecule has 0 aliphatic carbocycles. The number of hydrogen-bond acceptors (Lipinski definition) is 2. The highest BCUT2D eigenvalue weighted by atomic mass is 16.5. The fraction of sp³-hybridized carbons (Fsp3) is 0.593. The van der Waals surface area contributed by atoms with Crippen molar-refractivity contribution in [2.24, 2.45) is 5.92 Å². The van der Waals surface area contributed by atoms with Crippen LogP contribution >= 0.6 is 0 Å². The Bertz CT molecular complexity index is 753. The standard InChI is InChI=1S/C27H40O3/c1-3-5-7-9-10-11-13-25(27(28)29)20-22-14-15-24-21-26(17-16-23(24)19-22)30-18-12-8-6-4-2/h14-17,19,21,25H,3-13,18,20H2,1-2H3,(H,28,29). The van der Waals surface area contributed by atoms with Crippen molar-refractivity contribution in [3.63, 3.8) is 0 Å². The molecule has 2 aromatic carbocycles. The van der Waals surface area contributed by atoms with E-state index < -0.39 is 5.97 Å². The van der Waals surface area contributed by atoms with Crippen molar-refractivity contribution in [1.29, 1.82) is 0 Å². The van der Waals surface area contributed by atoms with Gasteiger partial charge in [0.1, 0.15) is 5.75 Å². The second-order valence-corrected chi connectivity index (χ2v) is 8.55. The third-order valence-electron chi connectivity index (χ3n) is 5.88. The van der Waals surface area contributed by atoms with Gasteiger partial charge in [-0.2, -0.15) is 0 Å². The lowest BCUT2D eigenvalue weighted by Gasteiger charge is -2.13. The quantitative estimate of drug-likeness (QED) is 0.286. The molecule has 2 rings (SSSR count). The smallest absolute Gasteiger partial charge is 0.306 e. The minimum Gasteiger partial charge on any atom is -0.494 e. The van der Waals surface area contributed by atoms with Crippen molar-refractivity contribution in [2.75, 3.05) is 6.61 Å². The number of benzene rings is 2. The van der Waals surface area contributed by atoms with Crippen molar-refractivity contribution < 1.29 is 14.6 Å². The summed E-state index contributed by atoms with van der Waals surface area (Å²) in [6.07, 6.45) is 13.4. The molecule has 0 amide bonds. The fourth-order valence-electron chi connectivity index (χ4n) is 3.98. The van der Waals surface area contributed by atoms with E-state index in [4.69, 9.17) is 4.74 Å². The van der Waals surface area contributed by atoms with Gasteiger partial charge in [-0.25, -0.2) is 0 Å². The van der Waals surface area contributed by atoms with Crippen LogP contribution in [0.2, 0.25) is 0 Å². The molecule has 0 aromatic heterocycles. The molecule has 0 heterocycles. The van der Waals surface area contributed by atoms with Gasteiger partial charge in [0.2, 0.25) is 0 Å². The van der Waals surface area contributed by atoms with Crippen LogP contribution in [0.1, 0.15) is 90.0 Å². The van der Waals surface area contributed by atoms with Crippen LogP contribution in [0.3, 0.4) is 0 Å². The Morgan fingerprint density at radius 2 is 1.47 bits per heavy atom. The first-order valence-electron chi connectivity index (χ1n) is 12.0. The van der Waals surface area contributed by atoms with Crippen LogP contribution in [-0.2, 0) is 11.2 Å². The number of aliphatic carboxylic acids is 1. The van der Waals surface area contributed by atoms with Crippen LogP contribution in [0.15, 0.2) is 36.4 Å². The number of rotatable bonds is 16. The SMILES string of the molecule is CCCCCCCCC(Cc1ccc2cc(OCCCCCC)ccc2c1)C(=O)O. The van der Waals surface area contributed by atoms with Crippen molar-refractivity contribution in [2.45, 2.75) is 90.9 Å². The Labute approximate surface area is 182 Å². The zero-order valence-corrected chi connectivity index (χ0v) is 19.0. The lowest BCUT2D eigenvalue weighted by Crippen LogP contribution is -2.16. The number of ether oxygens (including phenoxy) is 1. The summed E-state index contributed by atoms with van der Waals surface area (Å²) >= 11 is 0. The predicted molar refractivity (Wildman–Crippen MR) is 126 cm³/mol. The maximum absolute atomic E-state index is 11.7. The minimum absolute atomic E-state index is 0.292. The minimum atomic E-state index is -0.671. The monoisotopic (exact) mass is 412 g/mol. The molecule has 0 saturated heterocycles. The second-order valence-electron chi connectivity index (χ2n) is 8.55. The van der Waals surface area contributed by atoms with Crippen molar-refractivity contribution in [1.82, 2.24) is 0 Å². The molecule has 0 bridgehead atoms. The van der Waals surface area contributed by atoms with E-state index in [9.17, 15) is 9.90 Å². The zero-order chi connectivity index (χ0) is 21.6. The molecule has 0 spiro atoms. The van der Waals surface area contributed by atoms with Gasteiger partial charge in [0.25, 0.3) is 0 Å². The summed E-state index contributed by atoms with van der Waals surface area (Å²) in [4.78, 5) is 11.7. The number of fused-ring (bicyclic) bond motifs is 1. The van der Waals surface area contributed by atoms with Gasteiger partial charge in [0, 0.05) is 0 Å². The van der Waals surface area contributed by atoms with Crippen LogP contribution in [0.4, 0.5) is 0 Å². The number of carboxylic acid groups (broad SMARTS) is 1. The van der Waals surface area contributed by atoms with E-state index in [0.29, 0.717) is 6.42 Å². The first-order valence-corrected chi connectivity index (χ1v) is 12.0. The molecule has 3 heteroatoms. The van der Waals surface area contributed by atoms with Gasteiger partial charge in [-0.15, -0.1) is 0 Å². The molecule has 0 fully saturated rings. The summed E-state index contributed by atoms with van der Waals surface area (Å²) < 4.78 is 5.89. The molecule has 1 atom stereocenters. The average Bonchev–Trinajstić information content (AvgIpc) is 2.75. The normalized spacial score (nSPS) is 12.2. The van der Waals surface area contributed by atoms with Gasteiger partial charge < -0.3 is 9.84 Å². The van der Waals surface area contributed by atoms with Gasteiger partial charge in [0.05, 0.1) is 12.5 Å². The molecule has 2 aromatic rings. The third-order valence-corrected chi connectivity index (χ3v) is 5.88. The maximum Gasteiger partial charge on any atom is 0.306 e. The topological polar surface area (TPSA) is 46.5 Å². The molecule has 30 heavy (non-hydrogen) atoms. The average molecular weight is 413 g/mol. The third kappa shape index (κ3) is 8.77. The van der Waals surface area contributed by atoms with Crippen molar-refractivity contribution in [3.8, 4) is 5.75 Å². The summed E-state index contributed by atoms with van der Waals surface area (Å²) in [5, 5.41) is 11.9. The van der Waals surface area contributed by atoms with Gasteiger partial charge in [0.15, 0.2) is 0 Å². The summed E-state index contributed by atoms with van der Waals surface area (Å²) in [6, 6.07) is 12.5. The largest absolute Gasteiger partial charge is 0.494 e. The van der Waals surface area contributed by atoms with Gasteiger partial charge >= 0.3 is 5.97 Å². The molecule has 0 radical (unpaired) electrons. The predicted octanol–water partition coefficient (Wildman–Crippen LogP) is 7.79. The Morgan fingerprint density at radius 1 is 0.833 bits per heavy atom. The number of hydrogen-bond donors (Lipinski definition) is 1. The Morgan fingerprint density at radius 3 is 2.20 bits per heavy atom. The molecule has 0 aliphatic heterocycles. The van der Waals surface area contributed by atoms with Crippen LogP contribution in [-0.4, -0.2) is 17.7 Å². The summed E-state index contributed by atoms with van der Waals surface area (Å²) in [5.41, 5.74) is 1.11. The molecule has 3 nitrogen and oxygen atoms in total. The Hall–Kier alpha value is -2.03. The molecule has 1 unspecified atom stereocenters. The van der Waals surface area contributed by atoms with Crippen molar-refractivity contribution >= 4 is 16.7 Å². The number of carboxylic acids is 1. The zero-order valence-electron chi connectivity index (χ0n) is 19.0. The first-order chi connectivity index (χ1) is 14.6. The van der Waals surface area contributed by atoms with E-state index in [0.717, 1.165) is 54.4 Å². The summed E-state index contributed by atoms with van der Waals surface area (Å²) in [6.45, 7) is 5.20. The van der Waals surface area contributed by atoms with E-state index in [-0.39, 0.29) is 5.92 Å².